The molecule has 0 amide bonds. The quantitative estimate of drug-likeness (QED) is 0.765. The summed E-state index contributed by atoms with van der Waals surface area (Å²) in [6.07, 6.45) is 1.94. The zero-order valence-corrected chi connectivity index (χ0v) is 9.52. The van der Waals surface area contributed by atoms with Crippen LogP contribution in [0.15, 0.2) is 17.8 Å². The molecule has 0 N–H and O–H groups in total. The summed E-state index contributed by atoms with van der Waals surface area (Å²) in [6, 6.07) is 0. The minimum atomic E-state index is 0.329. The third-order valence-corrected chi connectivity index (χ3v) is 2.69. The molecule has 3 nitrogen and oxygen atoms in total. The van der Waals surface area contributed by atoms with Crippen molar-refractivity contribution in [3.8, 4) is 0 Å². The summed E-state index contributed by atoms with van der Waals surface area (Å²) in [4.78, 5) is 0.850. The van der Waals surface area contributed by atoms with Crippen LogP contribution < -0.4 is 0 Å². The van der Waals surface area contributed by atoms with Crippen molar-refractivity contribution >= 4 is 22.2 Å². The van der Waals surface area contributed by atoms with Crippen LogP contribution in [-0.2, 0) is 0 Å². The average molecular weight is 210 g/mol. The largest absolute Gasteiger partial charge is 0.243 e. The Morgan fingerprint density at radius 1 is 1.29 bits per heavy atom. The first kappa shape index (κ1) is 11.0. The molecule has 0 saturated carbocycles. The molecule has 0 atom stereocenters. The van der Waals surface area contributed by atoms with E-state index in [4.69, 9.17) is 4.63 Å². The van der Waals surface area contributed by atoms with Gasteiger partial charge in [0, 0.05) is 4.91 Å². The summed E-state index contributed by atoms with van der Waals surface area (Å²) in [6.45, 7) is 12.0. The van der Waals surface area contributed by atoms with Crippen LogP contribution in [0.5, 0.6) is 0 Å². The first-order valence-electron chi connectivity index (χ1n) is 4.33. The molecule has 0 aliphatic carbocycles. The van der Waals surface area contributed by atoms with E-state index in [2.05, 4.69) is 37.3 Å². The second-order valence-corrected chi connectivity index (χ2v) is 4.17. The van der Waals surface area contributed by atoms with E-state index in [0.29, 0.717) is 11.6 Å². The molecule has 0 aliphatic rings. The van der Waals surface area contributed by atoms with Gasteiger partial charge in [0.25, 0.3) is 0 Å². The van der Waals surface area contributed by atoms with Gasteiger partial charge in [-0.1, -0.05) is 27.0 Å². The van der Waals surface area contributed by atoms with Gasteiger partial charge >= 0.3 is 0 Å². The highest BCUT2D eigenvalue weighted by molar-refractivity contribution is 8.07. The highest BCUT2D eigenvalue weighted by atomic mass is 32.2. The maximum atomic E-state index is 4.70. The molecule has 1 aromatic heterocycles. The summed E-state index contributed by atoms with van der Waals surface area (Å²) in [5.74, 6) is 0.329. The summed E-state index contributed by atoms with van der Waals surface area (Å²) >= 11 is 1.53. The van der Waals surface area contributed by atoms with Crippen molar-refractivity contribution in [2.24, 2.45) is 5.92 Å². The Bertz CT molecular complexity index is 355. The van der Waals surface area contributed by atoms with Crippen molar-refractivity contribution in [3.63, 3.8) is 0 Å². The second-order valence-electron chi connectivity index (χ2n) is 3.27. The molecule has 0 saturated heterocycles. The molecular formula is C10H14N2OS. The van der Waals surface area contributed by atoms with E-state index in [-0.39, 0.29) is 0 Å². The molecule has 1 rings (SSSR count). The van der Waals surface area contributed by atoms with Crippen molar-refractivity contribution in [1.29, 1.82) is 0 Å². The van der Waals surface area contributed by atoms with E-state index in [9.17, 15) is 0 Å². The van der Waals surface area contributed by atoms with E-state index in [1.54, 1.807) is 0 Å². The minimum absolute atomic E-state index is 0.329. The van der Waals surface area contributed by atoms with Gasteiger partial charge < -0.3 is 0 Å². The van der Waals surface area contributed by atoms with Crippen molar-refractivity contribution in [1.82, 2.24) is 10.3 Å². The van der Waals surface area contributed by atoms with Crippen LogP contribution in [0.1, 0.15) is 25.2 Å². The SMILES string of the molecule is C=C(SC)c1nonc1C(=C)C(C)C. The van der Waals surface area contributed by atoms with Gasteiger partial charge in [0.2, 0.25) is 0 Å². The van der Waals surface area contributed by atoms with Crippen molar-refractivity contribution in [2.45, 2.75) is 13.8 Å². The molecule has 0 unspecified atom stereocenters. The third-order valence-electron chi connectivity index (χ3n) is 2.00. The molecule has 0 spiro atoms. The van der Waals surface area contributed by atoms with Gasteiger partial charge in [-0.05, 0) is 28.1 Å². The lowest BCUT2D eigenvalue weighted by Crippen LogP contribution is -1.95. The Labute approximate surface area is 88.2 Å². The molecule has 0 aliphatic heterocycles. The van der Waals surface area contributed by atoms with Crippen LogP contribution in [0.3, 0.4) is 0 Å². The number of allylic oxidation sites excluding steroid dienone is 1. The third kappa shape index (κ3) is 2.07. The topological polar surface area (TPSA) is 38.9 Å². The molecule has 0 fully saturated rings. The zero-order chi connectivity index (χ0) is 10.7. The Morgan fingerprint density at radius 3 is 2.36 bits per heavy atom. The van der Waals surface area contributed by atoms with Gasteiger partial charge in [0.15, 0.2) is 0 Å². The number of nitrogens with zero attached hydrogens (tertiary/aromatic N) is 2. The lowest BCUT2D eigenvalue weighted by molar-refractivity contribution is 0.305. The smallest absolute Gasteiger partial charge is 0.148 e. The summed E-state index contributed by atoms with van der Waals surface area (Å²) < 4.78 is 4.70. The zero-order valence-electron chi connectivity index (χ0n) is 8.70. The molecule has 14 heavy (non-hydrogen) atoms. The lowest BCUT2D eigenvalue weighted by Gasteiger charge is -2.06. The monoisotopic (exact) mass is 210 g/mol. The van der Waals surface area contributed by atoms with E-state index >= 15 is 0 Å². The van der Waals surface area contributed by atoms with E-state index in [1.165, 1.54) is 11.8 Å². The molecule has 0 bridgehead atoms. The molecule has 4 heteroatoms. The molecule has 0 radical (unpaired) electrons. The Kier molecular flexibility index (Phi) is 3.52. The normalized spacial score (nSPS) is 10.6. The number of hydrogen-bond donors (Lipinski definition) is 0. The standard InChI is InChI=1S/C10H14N2OS/c1-6(2)7(3)9-10(8(4)14-5)12-13-11-9/h6H,3-4H2,1-2,5H3. The highest BCUT2D eigenvalue weighted by Crippen LogP contribution is 2.29. The van der Waals surface area contributed by atoms with Crippen molar-refractivity contribution in [3.05, 3.63) is 24.5 Å². The number of hydrogen-bond acceptors (Lipinski definition) is 4. The van der Waals surface area contributed by atoms with Gasteiger partial charge in [0.1, 0.15) is 11.4 Å². The maximum Gasteiger partial charge on any atom is 0.148 e. The number of rotatable bonds is 4. The van der Waals surface area contributed by atoms with Crippen molar-refractivity contribution < 1.29 is 4.63 Å². The van der Waals surface area contributed by atoms with Gasteiger partial charge in [-0.3, -0.25) is 0 Å². The number of aromatic nitrogens is 2. The molecule has 76 valence electrons. The Balaban J connectivity index is 3.04. The summed E-state index contributed by atoms with van der Waals surface area (Å²) in [5.41, 5.74) is 2.35. The average Bonchev–Trinajstić information content (AvgIpc) is 2.63. The first-order valence-corrected chi connectivity index (χ1v) is 5.55. The van der Waals surface area contributed by atoms with E-state index in [1.807, 2.05) is 6.26 Å². The molecule has 1 heterocycles. The molecular weight excluding hydrogens is 196 g/mol. The fourth-order valence-electron chi connectivity index (χ4n) is 0.952. The van der Waals surface area contributed by atoms with Crippen molar-refractivity contribution in [2.75, 3.05) is 6.26 Å². The first-order chi connectivity index (χ1) is 6.57. The van der Waals surface area contributed by atoms with Gasteiger partial charge in [-0.25, -0.2) is 4.63 Å². The highest BCUT2D eigenvalue weighted by Gasteiger charge is 2.17. The summed E-state index contributed by atoms with van der Waals surface area (Å²) in [7, 11) is 0. The van der Waals surface area contributed by atoms with Gasteiger partial charge in [-0.15, -0.1) is 11.8 Å². The van der Waals surface area contributed by atoms with Gasteiger partial charge in [-0.2, -0.15) is 0 Å². The van der Waals surface area contributed by atoms with Crippen LogP contribution in [0.4, 0.5) is 0 Å². The fourth-order valence-corrected chi connectivity index (χ4v) is 1.28. The van der Waals surface area contributed by atoms with E-state index in [0.717, 1.165) is 16.2 Å². The fraction of sp³-hybridized carbons (Fsp3) is 0.400. The second kappa shape index (κ2) is 4.46. The van der Waals surface area contributed by atoms with E-state index < -0.39 is 0 Å². The predicted molar refractivity (Wildman–Crippen MR) is 60.7 cm³/mol. The Morgan fingerprint density at radius 2 is 1.86 bits per heavy atom. The molecule has 0 aromatic carbocycles. The maximum absolute atomic E-state index is 4.70. The lowest BCUT2D eigenvalue weighted by atomic mass is 10.0. The number of thioether (sulfide) groups is 1. The Hall–Kier alpha value is -1.03. The van der Waals surface area contributed by atoms with Crippen LogP contribution >= 0.6 is 11.8 Å². The molecule has 1 aromatic rings. The van der Waals surface area contributed by atoms with Crippen LogP contribution in [0.2, 0.25) is 0 Å². The van der Waals surface area contributed by atoms with Crippen LogP contribution in [0.25, 0.3) is 10.5 Å². The summed E-state index contributed by atoms with van der Waals surface area (Å²) in [5, 5.41) is 7.67. The minimum Gasteiger partial charge on any atom is -0.243 e. The predicted octanol–water partition coefficient (Wildman–Crippen LogP) is 3.07. The van der Waals surface area contributed by atoms with Crippen LogP contribution in [0, 0.1) is 5.92 Å². The van der Waals surface area contributed by atoms with Crippen LogP contribution in [-0.4, -0.2) is 16.6 Å². The van der Waals surface area contributed by atoms with Gasteiger partial charge in [0.05, 0.1) is 0 Å².